The second-order valence-corrected chi connectivity index (χ2v) is 11.0. The number of oxazole rings is 1. The summed E-state index contributed by atoms with van der Waals surface area (Å²) in [5, 5.41) is -0.214. The minimum absolute atomic E-state index is 0.108. The zero-order valence-corrected chi connectivity index (χ0v) is 18.2. The molecular weight excluding hydrogens is 384 g/mol. The van der Waals surface area contributed by atoms with E-state index in [1.165, 1.54) is 0 Å². The van der Waals surface area contributed by atoms with Gasteiger partial charge in [-0.15, -0.1) is 0 Å². The molecule has 1 saturated heterocycles. The Labute approximate surface area is 167 Å². The number of rotatable bonds is 5. The average molecular weight is 413 g/mol. The van der Waals surface area contributed by atoms with Gasteiger partial charge in [0.2, 0.25) is 5.89 Å². The van der Waals surface area contributed by atoms with Crippen LogP contribution >= 0.6 is 11.6 Å². The quantitative estimate of drug-likeness (QED) is 0.704. The van der Waals surface area contributed by atoms with Crippen LogP contribution in [0, 0.1) is 0 Å². The van der Waals surface area contributed by atoms with Crippen molar-refractivity contribution in [2.75, 3.05) is 19.6 Å². The van der Waals surface area contributed by atoms with Gasteiger partial charge in [0.15, 0.2) is 15.4 Å². The summed E-state index contributed by atoms with van der Waals surface area (Å²) < 4.78 is 32.7. The van der Waals surface area contributed by atoms with Gasteiger partial charge in [-0.3, -0.25) is 0 Å². The summed E-state index contributed by atoms with van der Waals surface area (Å²) in [7, 11) is -3.59. The molecule has 27 heavy (non-hydrogen) atoms. The lowest BCUT2D eigenvalue weighted by molar-refractivity contribution is 0.227. The number of piperidine rings is 1. The van der Waals surface area contributed by atoms with Gasteiger partial charge in [0.1, 0.15) is 10.4 Å². The molecule has 0 amide bonds. The third-order valence-electron chi connectivity index (χ3n) is 5.19. The molecule has 3 rings (SSSR count). The van der Waals surface area contributed by atoms with Crippen molar-refractivity contribution in [1.82, 2.24) is 9.88 Å². The number of likely N-dealkylation sites (tertiary alicyclic amines) is 1. The number of halogens is 1. The molecule has 1 aliphatic rings. The standard InChI is InChI=1S/C20H29ClN2O3S/c1-5-6-11-23-12-9-14(10-13-23)27(24,25)18-15(21)7-8-16-17(18)26-19(22-16)20(2,3)4/h7-8,14H,5-6,9-13H2,1-4H3. The predicted octanol–water partition coefficient (Wildman–Crippen LogP) is 4.82. The van der Waals surface area contributed by atoms with E-state index in [4.69, 9.17) is 16.0 Å². The molecule has 0 saturated carbocycles. The molecule has 7 heteroatoms. The highest BCUT2D eigenvalue weighted by molar-refractivity contribution is 7.92. The van der Waals surface area contributed by atoms with E-state index < -0.39 is 15.1 Å². The first kappa shape index (κ1) is 20.6. The van der Waals surface area contributed by atoms with Crippen LogP contribution in [0.2, 0.25) is 5.02 Å². The number of fused-ring (bicyclic) bond motifs is 1. The molecule has 0 spiro atoms. The second-order valence-electron chi connectivity index (χ2n) is 8.43. The molecule has 2 heterocycles. The first-order valence-electron chi connectivity index (χ1n) is 9.70. The molecule has 0 unspecified atom stereocenters. The van der Waals surface area contributed by atoms with E-state index in [0.717, 1.165) is 32.5 Å². The summed E-state index contributed by atoms with van der Waals surface area (Å²) >= 11 is 6.35. The number of hydrogen-bond donors (Lipinski definition) is 0. The molecular formula is C20H29ClN2O3S. The lowest BCUT2D eigenvalue weighted by Gasteiger charge is -2.31. The molecule has 150 valence electrons. The van der Waals surface area contributed by atoms with Gasteiger partial charge in [-0.1, -0.05) is 45.7 Å². The first-order chi connectivity index (χ1) is 12.6. The van der Waals surface area contributed by atoms with Gasteiger partial charge in [0.05, 0.1) is 10.3 Å². The number of sulfone groups is 1. The molecule has 2 aromatic rings. The zero-order chi connectivity index (χ0) is 19.8. The Kier molecular flexibility index (Phi) is 5.90. The van der Waals surface area contributed by atoms with Crippen LogP contribution in [0.25, 0.3) is 11.1 Å². The van der Waals surface area contributed by atoms with Crippen molar-refractivity contribution in [2.24, 2.45) is 0 Å². The Hall–Kier alpha value is -1.11. The van der Waals surface area contributed by atoms with Crippen molar-refractivity contribution in [3.05, 3.63) is 23.0 Å². The van der Waals surface area contributed by atoms with Gasteiger partial charge < -0.3 is 9.32 Å². The zero-order valence-electron chi connectivity index (χ0n) is 16.6. The number of unbranched alkanes of at least 4 members (excludes halogenated alkanes) is 1. The normalized spacial score (nSPS) is 17.7. The Bertz CT molecular complexity index is 907. The van der Waals surface area contributed by atoms with Crippen molar-refractivity contribution in [2.45, 2.75) is 68.9 Å². The lowest BCUT2D eigenvalue weighted by Crippen LogP contribution is -2.39. The SMILES string of the molecule is CCCCN1CCC(S(=O)(=O)c2c(Cl)ccc3nc(C(C)(C)C)oc23)CC1. The van der Waals surface area contributed by atoms with Crippen LogP contribution in [0.4, 0.5) is 0 Å². The average Bonchev–Trinajstić information content (AvgIpc) is 3.04. The largest absolute Gasteiger partial charge is 0.439 e. The van der Waals surface area contributed by atoms with E-state index in [2.05, 4.69) is 16.8 Å². The van der Waals surface area contributed by atoms with Gasteiger partial charge in [0, 0.05) is 5.41 Å². The summed E-state index contributed by atoms with van der Waals surface area (Å²) in [5.41, 5.74) is 0.529. The molecule has 1 fully saturated rings. The van der Waals surface area contributed by atoms with Crippen LogP contribution < -0.4 is 0 Å². The predicted molar refractivity (Wildman–Crippen MR) is 109 cm³/mol. The molecule has 1 aliphatic heterocycles. The van der Waals surface area contributed by atoms with E-state index in [9.17, 15) is 8.42 Å². The van der Waals surface area contributed by atoms with Gasteiger partial charge in [-0.25, -0.2) is 13.4 Å². The molecule has 1 aromatic heterocycles. The molecule has 1 aromatic carbocycles. The molecule has 0 atom stereocenters. The van der Waals surface area contributed by atoms with E-state index >= 15 is 0 Å². The number of benzene rings is 1. The van der Waals surface area contributed by atoms with Crippen LogP contribution in [0.1, 0.15) is 59.3 Å². The van der Waals surface area contributed by atoms with Crippen LogP contribution in [-0.4, -0.2) is 43.2 Å². The minimum Gasteiger partial charge on any atom is -0.439 e. The Morgan fingerprint density at radius 2 is 1.93 bits per heavy atom. The van der Waals surface area contributed by atoms with Gasteiger partial charge in [0.25, 0.3) is 0 Å². The maximum Gasteiger partial charge on any atom is 0.200 e. The van der Waals surface area contributed by atoms with E-state index in [1.54, 1.807) is 12.1 Å². The summed E-state index contributed by atoms with van der Waals surface area (Å²) in [4.78, 5) is 6.95. The third kappa shape index (κ3) is 4.17. The van der Waals surface area contributed by atoms with E-state index in [-0.39, 0.29) is 15.3 Å². The Morgan fingerprint density at radius 3 is 2.52 bits per heavy atom. The summed E-state index contributed by atoms with van der Waals surface area (Å²) in [6, 6.07) is 3.34. The summed E-state index contributed by atoms with van der Waals surface area (Å²) in [6.07, 6.45) is 3.55. The fourth-order valence-corrected chi connectivity index (χ4v) is 5.90. The van der Waals surface area contributed by atoms with Crippen molar-refractivity contribution in [3.8, 4) is 0 Å². The fourth-order valence-electron chi connectivity index (χ4n) is 3.52. The summed E-state index contributed by atoms with van der Waals surface area (Å²) in [6.45, 7) is 10.8. The van der Waals surface area contributed by atoms with Crippen LogP contribution in [-0.2, 0) is 15.3 Å². The number of hydrogen-bond acceptors (Lipinski definition) is 5. The van der Waals surface area contributed by atoms with E-state index in [1.807, 2.05) is 20.8 Å². The molecule has 0 N–H and O–H groups in total. The van der Waals surface area contributed by atoms with Crippen molar-refractivity contribution in [3.63, 3.8) is 0 Å². The second kappa shape index (κ2) is 7.72. The minimum atomic E-state index is -3.59. The molecule has 0 aliphatic carbocycles. The van der Waals surface area contributed by atoms with Gasteiger partial charge in [-0.2, -0.15) is 0 Å². The monoisotopic (exact) mass is 412 g/mol. The smallest absolute Gasteiger partial charge is 0.200 e. The van der Waals surface area contributed by atoms with Crippen molar-refractivity contribution in [1.29, 1.82) is 0 Å². The number of aromatic nitrogens is 1. The highest BCUT2D eigenvalue weighted by Crippen LogP contribution is 2.37. The van der Waals surface area contributed by atoms with Gasteiger partial charge >= 0.3 is 0 Å². The van der Waals surface area contributed by atoms with E-state index in [0.29, 0.717) is 29.8 Å². The fraction of sp³-hybridized carbons (Fsp3) is 0.650. The van der Waals surface area contributed by atoms with Crippen LogP contribution in [0.15, 0.2) is 21.4 Å². The molecule has 0 radical (unpaired) electrons. The maximum atomic E-state index is 13.4. The highest BCUT2D eigenvalue weighted by atomic mass is 35.5. The van der Waals surface area contributed by atoms with Crippen molar-refractivity contribution < 1.29 is 12.8 Å². The van der Waals surface area contributed by atoms with Crippen LogP contribution in [0.3, 0.4) is 0 Å². The molecule has 0 bridgehead atoms. The maximum absolute atomic E-state index is 13.4. The van der Waals surface area contributed by atoms with Crippen LogP contribution in [0.5, 0.6) is 0 Å². The Morgan fingerprint density at radius 1 is 1.26 bits per heavy atom. The summed E-state index contributed by atoms with van der Waals surface area (Å²) in [5.74, 6) is 0.519. The Balaban J connectivity index is 1.94. The number of nitrogens with zero attached hydrogens (tertiary/aromatic N) is 2. The van der Waals surface area contributed by atoms with Crippen molar-refractivity contribution >= 4 is 32.5 Å². The first-order valence-corrected chi connectivity index (χ1v) is 11.6. The molecule has 5 nitrogen and oxygen atoms in total. The third-order valence-corrected chi connectivity index (χ3v) is 7.94. The highest BCUT2D eigenvalue weighted by Gasteiger charge is 2.36. The lowest BCUT2D eigenvalue weighted by atomic mass is 9.97. The topological polar surface area (TPSA) is 63.4 Å². The van der Waals surface area contributed by atoms with Gasteiger partial charge in [-0.05, 0) is 51.0 Å².